The first kappa shape index (κ1) is 14.3. The van der Waals surface area contributed by atoms with Crippen LogP contribution in [0.4, 0.5) is 0 Å². The maximum Gasteiger partial charge on any atom is 0.163 e. The summed E-state index contributed by atoms with van der Waals surface area (Å²) in [4.78, 5) is 12.6. The maximum absolute atomic E-state index is 12.6. The van der Waals surface area contributed by atoms with E-state index in [-0.39, 0.29) is 11.2 Å². The molecule has 19 heavy (non-hydrogen) atoms. The van der Waals surface area contributed by atoms with Gasteiger partial charge in [-0.05, 0) is 44.2 Å². The van der Waals surface area contributed by atoms with Gasteiger partial charge in [-0.1, -0.05) is 43.0 Å². The van der Waals surface area contributed by atoms with E-state index < -0.39 is 0 Å². The Morgan fingerprint density at radius 3 is 2.47 bits per heavy atom. The molecule has 0 amide bonds. The highest BCUT2D eigenvalue weighted by molar-refractivity contribution is 5.97. The first-order valence-electron chi connectivity index (χ1n) is 7.37. The molecule has 1 aliphatic carbocycles. The van der Waals surface area contributed by atoms with E-state index in [0.717, 1.165) is 24.0 Å². The maximum atomic E-state index is 12.6. The Balaban J connectivity index is 2.15. The van der Waals surface area contributed by atoms with E-state index in [1.54, 1.807) is 0 Å². The van der Waals surface area contributed by atoms with Gasteiger partial charge in [-0.15, -0.1) is 0 Å². The van der Waals surface area contributed by atoms with Crippen molar-refractivity contribution in [1.82, 2.24) is 0 Å². The second kappa shape index (κ2) is 5.87. The zero-order valence-corrected chi connectivity index (χ0v) is 12.2. The third-order valence-electron chi connectivity index (χ3n) is 4.57. The smallest absolute Gasteiger partial charge is 0.163 e. The van der Waals surface area contributed by atoms with Crippen LogP contribution in [0.2, 0.25) is 0 Å². The number of benzene rings is 1. The molecule has 1 aliphatic rings. The standard InChI is InChI=1S/C17H25NO/c1-13-6-7-15(14(2)10-13)16(19)11-17(12-18)8-4-3-5-9-17/h6-7,10H,3-5,8-9,11-12,18H2,1-2H3. The Labute approximate surface area is 116 Å². The number of hydrogen-bond donors (Lipinski definition) is 1. The molecule has 1 aromatic rings. The number of carbonyl (C=O) groups excluding carboxylic acids is 1. The number of carbonyl (C=O) groups is 1. The van der Waals surface area contributed by atoms with Gasteiger partial charge in [-0.2, -0.15) is 0 Å². The summed E-state index contributed by atoms with van der Waals surface area (Å²) in [5.74, 6) is 0.268. The first-order chi connectivity index (χ1) is 9.06. The lowest BCUT2D eigenvalue weighted by atomic mass is 9.70. The molecule has 1 fully saturated rings. The Kier molecular flexibility index (Phi) is 4.41. The minimum absolute atomic E-state index is 0.0622. The molecule has 0 bridgehead atoms. The minimum atomic E-state index is 0.0622. The summed E-state index contributed by atoms with van der Waals surface area (Å²) in [6.45, 7) is 4.73. The summed E-state index contributed by atoms with van der Waals surface area (Å²) in [5.41, 5.74) is 9.21. The van der Waals surface area contributed by atoms with E-state index in [9.17, 15) is 4.79 Å². The molecule has 0 heterocycles. The van der Waals surface area contributed by atoms with E-state index in [4.69, 9.17) is 5.73 Å². The molecule has 0 atom stereocenters. The van der Waals surface area contributed by atoms with Crippen molar-refractivity contribution in [2.24, 2.45) is 11.1 Å². The molecule has 2 heteroatoms. The average molecular weight is 259 g/mol. The van der Waals surface area contributed by atoms with Gasteiger partial charge in [0.15, 0.2) is 5.78 Å². The third-order valence-corrected chi connectivity index (χ3v) is 4.57. The Hall–Kier alpha value is -1.15. The second-order valence-electron chi connectivity index (χ2n) is 6.18. The van der Waals surface area contributed by atoms with Crippen LogP contribution in [0, 0.1) is 19.3 Å². The molecular weight excluding hydrogens is 234 g/mol. The van der Waals surface area contributed by atoms with Crippen LogP contribution >= 0.6 is 0 Å². The van der Waals surface area contributed by atoms with Gasteiger partial charge in [-0.3, -0.25) is 4.79 Å². The van der Waals surface area contributed by atoms with Crippen molar-refractivity contribution in [2.45, 2.75) is 52.4 Å². The van der Waals surface area contributed by atoms with Gasteiger partial charge in [0.25, 0.3) is 0 Å². The number of ketones is 1. The van der Waals surface area contributed by atoms with Gasteiger partial charge in [0.1, 0.15) is 0 Å². The zero-order chi connectivity index (χ0) is 13.9. The average Bonchev–Trinajstić information content (AvgIpc) is 2.39. The van der Waals surface area contributed by atoms with Crippen molar-refractivity contribution in [3.63, 3.8) is 0 Å². The predicted octanol–water partition coefficient (Wildman–Crippen LogP) is 3.79. The molecule has 0 unspecified atom stereocenters. The van der Waals surface area contributed by atoms with Gasteiger partial charge >= 0.3 is 0 Å². The summed E-state index contributed by atoms with van der Waals surface area (Å²) >= 11 is 0. The number of Topliss-reactive ketones (excluding diaryl/α,β-unsaturated/α-hetero) is 1. The highest BCUT2D eigenvalue weighted by atomic mass is 16.1. The van der Waals surface area contributed by atoms with E-state index >= 15 is 0 Å². The second-order valence-corrected chi connectivity index (χ2v) is 6.18. The number of aryl methyl sites for hydroxylation is 2. The van der Waals surface area contributed by atoms with Crippen molar-refractivity contribution in [1.29, 1.82) is 0 Å². The van der Waals surface area contributed by atoms with Crippen LogP contribution in [0.15, 0.2) is 18.2 Å². The molecule has 0 spiro atoms. The Bertz CT molecular complexity index is 458. The molecule has 2 rings (SSSR count). The molecule has 2 N–H and O–H groups in total. The summed E-state index contributed by atoms with van der Waals surface area (Å²) in [7, 11) is 0. The highest BCUT2D eigenvalue weighted by Crippen LogP contribution is 2.39. The van der Waals surface area contributed by atoms with Crippen molar-refractivity contribution < 1.29 is 4.79 Å². The van der Waals surface area contributed by atoms with Crippen LogP contribution in [0.25, 0.3) is 0 Å². The van der Waals surface area contributed by atoms with E-state index in [1.165, 1.54) is 24.8 Å². The van der Waals surface area contributed by atoms with Gasteiger partial charge < -0.3 is 5.73 Å². The molecular formula is C17H25NO. The van der Waals surface area contributed by atoms with Crippen LogP contribution in [0.3, 0.4) is 0 Å². The quantitative estimate of drug-likeness (QED) is 0.836. The topological polar surface area (TPSA) is 43.1 Å². The fourth-order valence-electron chi connectivity index (χ4n) is 3.32. The Morgan fingerprint density at radius 1 is 1.21 bits per heavy atom. The minimum Gasteiger partial charge on any atom is -0.330 e. The molecule has 0 saturated heterocycles. The fraction of sp³-hybridized carbons (Fsp3) is 0.588. The van der Waals surface area contributed by atoms with E-state index in [1.807, 2.05) is 19.1 Å². The highest BCUT2D eigenvalue weighted by Gasteiger charge is 2.33. The van der Waals surface area contributed by atoms with Crippen LogP contribution in [0.1, 0.15) is 60.0 Å². The van der Waals surface area contributed by atoms with Gasteiger partial charge in [0.2, 0.25) is 0 Å². The third kappa shape index (κ3) is 3.24. The number of nitrogens with two attached hydrogens (primary N) is 1. The van der Waals surface area contributed by atoms with Crippen LogP contribution < -0.4 is 5.73 Å². The lowest BCUT2D eigenvalue weighted by molar-refractivity contribution is 0.0867. The summed E-state index contributed by atoms with van der Waals surface area (Å²) in [5, 5.41) is 0. The lowest BCUT2D eigenvalue weighted by Crippen LogP contribution is -2.35. The molecule has 0 aliphatic heterocycles. The van der Waals surface area contributed by atoms with Crippen LogP contribution in [0.5, 0.6) is 0 Å². The number of rotatable bonds is 4. The normalized spacial score (nSPS) is 18.3. The fourth-order valence-corrected chi connectivity index (χ4v) is 3.32. The van der Waals surface area contributed by atoms with Crippen molar-refractivity contribution >= 4 is 5.78 Å². The zero-order valence-electron chi connectivity index (χ0n) is 12.2. The summed E-state index contributed by atoms with van der Waals surface area (Å²) < 4.78 is 0. The molecule has 0 aromatic heterocycles. The Morgan fingerprint density at radius 2 is 1.89 bits per heavy atom. The SMILES string of the molecule is Cc1ccc(C(=O)CC2(CN)CCCCC2)c(C)c1. The van der Waals surface area contributed by atoms with Crippen molar-refractivity contribution in [2.75, 3.05) is 6.54 Å². The molecule has 0 radical (unpaired) electrons. The molecule has 1 aromatic carbocycles. The van der Waals surface area contributed by atoms with E-state index in [0.29, 0.717) is 13.0 Å². The molecule has 1 saturated carbocycles. The van der Waals surface area contributed by atoms with Crippen molar-refractivity contribution in [3.8, 4) is 0 Å². The predicted molar refractivity (Wildman–Crippen MR) is 79.4 cm³/mol. The molecule has 2 nitrogen and oxygen atoms in total. The largest absolute Gasteiger partial charge is 0.330 e. The summed E-state index contributed by atoms with van der Waals surface area (Å²) in [6, 6.07) is 6.08. The monoisotopic (exact) mass is 259 g/mol. The summed E-state index contributed by atoms with van der Waals surface area (Å²) in [6.07, 6.45) is 6.57. The van der Waals surface area contributed by atoms with E-state index in [2.05, 4.69) is 13.0 Å². The van der Waals surface area contributed by atoms with Gasteiger partial charge in [0.05, 0.1) is 0 Å². The van der Waals surface area contributed by atoms with Gasteiger partial charge in [-0.25, -0.2) is 0 Å². The van der Waals surface area contributed by atoms with Crippen molar-refractivity contribution in [3.05, 3.63) is 34.9 Å². The van der Waals surface area contributed by atoms with Gasteiger partial charge in [0, 0.05) is 12.0 Å². The lowest BCUT2D eigenvalue weighted by Gasteiger charge is -2.35. The number of hydrogen-bond acceptors (Lipinski definition) is 2. The molecule has 104 valence electrons. The first-order valence-corrected chi connectivity index (χ1v) is 7.37. The van der Waals surface area contributed by atoms with Crippen LogP contribution in [-0.2, 0) is 0 Å². The van der Waals surface area contributed by atoms with Crippen LogP contribution in [-0.4, -0.2) is 12.3 Å².